The van der Waals surface area contributed by atoms with Crippen LogP contribution >= 0.6 is 0 Å². The second kappa shape index (κ2) is 7.69. The van der Waals surface area contributed by atoms with Gasteiger partial charge in [0.25, 0.3) is 0 Å². The minimum absolute atomic E-state index is 0.108. The molecule has 8 heteroatoms. The summed E-state index contributed by atoms with van der Waals surface area (Å²) in [5, 5.41) is 19.5. The quantitative estimate of drug-likeness (QED) is 0.714. The normalized spacial score (nSPS) is 12.1. The topological polar surface area (TPSA) is 90.5 Å². The molecule has 0 aliphatic carbocycles. The van der Waals surface area contributed by atoms with Crippen molar-refractivity contribution in [3.63, 3.8) is 0 Å². The fourth-order valence-electron chi connectivity index (χ4n) is 2.39. The van der Waals surface area contributed by atoms with Crippen molar-refractivity contribution in [1.82, 2.24) is 30.0 Å². The van der Waals surface area contributed by atoms with E-state index in [0.29, 0.717) is 18.2 Å². The molecule has 1 atom stereocenters. The van der Waals surface area contributed by atoms with Gasteiger partial charge in [0.15, 0.2) is 0 Å². The molecular weight excluding hydrogens is 318 g/mol. The molecule has 0 aliphatic rings. The minimum atomic E-state index is -0.108. The molecule has 2 aromatic heterocycles. The lowest BCUT2D eigenvalue weighted by atomic mass is 10.2. The van der Waals surface area contributed by atoms with Gasteiger partial charge in [-0.2, -0.15) is 9.90 Å². The third-order valence-corrected chi connectivity index (χ3v) is 3.97. The van der Waals surface area contributed by atoms with Gasteiger partial charge in [-0.05, 0) is 18.6 Å². The van der Waals surface area contributed by atoms with Gasteiger partial charge in [-0.15, -0.1) is 10.2 Å². The molecule has 0 saturated carbocycles. The number of nitrogens with zero attached hydrogens (tertiary/aromatic N) is 6. The maximum absolute atomic E-state index is 12.2. The number of anilines is 1. The van der Waals surface area contributed by atoms with E-state index in [0.717, 1.165) is 12.0 Å². The summed E-state index contributed by atoms with van der Waals surface area (Å²) in [5.74, 6) is 1.15. The van der Waals surface area contributed by atoms with Crippen LogP contribution in [0.5, 0.6) is 0 Å². The van der Waals surface area contributed by atoms with Crippen molar-refractivity contribution >= 4 is 11.7 Å². The van der Waals surface area contributed by atoms with Crippen LogP contribution in [-0.4, -0.2) is 35.9 Å². The number of carbonyl (C=O) groups excluding carboxylic acids is 1. The van der Waals surface area contributed by atoms with Crippen LogP contribution in [0, 0.1) is 0 Å². The van der Waals surface area contributed by atoms with E-state index in [1.165, 1.54) is 4.80 Å². The van der Waals surface area contributed by atoms with Gasteiger partial charge in [0.2, 0.25) is 11.7 Å². The third kappa shape index (κ3) is 4.09. The van der Waals surface area contributed by atoms with Crippen molar-refractivity contribution in [2.24, 2.45) is 0 Å². The molecule has 2 heterocycles. The smallest absolute Gasteiger partial charge is 0.227 e. The van der Waals surface area contributed by atoms with Crippen LogP contribution in [-0.2, 0) is 11.3 Å². The van der Waals surface area contributed by atoms with E-state index in [-0.39, 0.29) is 18.4 Å². The fraction of sp³-hybridized carbons (Fsp3) is 0.353. The average molecular weight is 339 g/mol. The largest absolute Gasteiger partial charge is 0.311 e. The number of benzene rings is 1. The molecule has 0 bridgehead atoms. The van der Waals surface area contributed by atoms with Gasteiger partial charge in [-0.1, -0.05) is 37.3 Å². The summed E-state index contributed by atoms with van der Waals surface area (Å²) in [6.07, 6.45) is 2.89. The van der Waals surface area contributed by atoms with Crippen LogP contribution in [0.15, 0.2) is 42.6 Å². The summed E-state index contributed by atoms with van der Waals surface area (Å²) in [6.45, 7) is 4.51. The first-order chi connectivity index (χ1) is 12.2. The first kappa shape index (κ1) is 16.8. The number of aryl methyl sites for hydroxylation is 1. The molecule has 1 amide bonds. The second-order valence-electron chi connectivity index (χ2n) is 5.79. The Bertz CT molecular complexity index is 824. The lowest BCUT2D eigenvalue weighted by Crippen LogP contribution is -2.19. The molecule has 1 N–H and O–H groups in total. The first-order valence-electron chi connectivity index (χ1n) is 8.34. The average Bonchev–Trinajstić information content (AvgIpc) is 3.29. The van der Waals surface area contributed by atoms with Gasteiger partial charge in [0, 0.05) is 18.1 Å². The van der Waals surface area contributed by atoms with E-state index >= 15 is 0 Å². The van der Waals surface area contributed by atoms with E-state index in [1.54, 1.807) is 12.3 Å². The summed E-state index contributed by atoms with van der Waals surface area (Å²) in [4.78, 5) is 13.6. The van der Waals surface area contributed by atoms with Crippen molar-refractivity contribution < 1.29 is 4.79 Å². The van der Waals surface area contributed by atoms with Gasteiger partial charge in [-0.3, -0.25) is 4.79 Å². The molecule has 25 heavy (non-hydrogen) atoms. The Morgan fingerprint density at radius 2 is 2.04 bits per heavy atom. The van der Waals surface area contributed by atoms with Gasteiger partial charge in [0.05, 0.1) is 18.8 Å². The van der Waals surface area contributed by atoms with Crippen molar-refractivity contribution in [2.45, 2.75) is 39.3 Å². The highest BCUT2D eigenvalue weighted by atomic mass is 16.1. The number of aromatic nitrogens is 6. The van der Waals surface area contributed by atoms with Crippen LogP contribution in [0.3, 0.4) is 0 Å². The Labute approximate surface area is 145 Å². The van der Waals surface area contributed by atoms with E-state index in [9.17, 15) is 4.79 Å². The highest BCUT2D eigenvalue weighted by Gasteiger charge is 2.12. The summed E-state index contributed by atoms with van der Waals surface area (Å²) in [6, 6.07) is 11.6. The molecule has 8 nitrogen and oxygen atoms in total. The third-order valence-electron chi connectivity index (χ3n) is 3.97. The van der Waals surface area contributed by atoms with Gasteiger partial charge < -0.3 is 5.32 Å². The number of tetrazole rings is 1. The molecular formula is C17H21N7O. The van der Waals surface area contributed by atoms with Gasteiger partial charge in [-0.25, -0.2) is 4.68 Å². The standard InChI is InChI=1S/C17H21N7O/c1-3-13(2)24-15(9-11-18-24)19-16(25)10-12-23-21-17(20-22-23)14-7-5-4-6-8-14/h4-9,11,13H,3,10,12H2,1-2H3,(H,19,25). The Morgan fingerprint density at radius 1 is 1.24 bits per heavy atom. The molecule has 1 unspecified atom stereocenters. The SMILES string of the molecule is CCC(C)n1nccc1NC(=O)CCn1nnc(-c2ccccc2)n1. The number of amides is 1. The summed E-state index contributed by atoms with van der Waals surface area (Å²) >= 11 is 0. The molecule has 0 fully saturated rings. The number of hydrogen-bond acceptors (Lipinski definition) is 5. The lowest BCUT2D eigenvalue weighted by Gasteiger charge is -2.14. The molecule has 3 rings (SSSR count). The van der Waals surface area contributed by atoms with Gasteiger partial charge >= 0.3 is 0 Å². The van der Waals surface area contributed by atoms with Crippen LogP contribution in [0.25, 0.3) is 11.4 Å². The van der Waals surface area contributed by atoms with Crippen molar-refractivity contribution in [2.75, 3.05) is 5.32 Å². The van der Waals surface area contributed by atoms with Crippen molar-refractivity contribution in [1.29, 1.82) is 0 Å². The molecule has 0 spiro atoms. The Kier molecular flexibility index (Phi) is 5.17. The highest BCUT2D eigenvalue weighted by Crippen LogP contribution is 2.16. The van der Waals surface area contributed by atoms with E-state index in [1.807, 2.05) is 35.0 Å². The van der Waals surface area contributed by atoms with Crippen LogP contribution < -0.4 is 5.32 Å². The monoisotopic (exact) mass is 339 g/mol. The van der Waals surface area contributed by atoms with Crippen molar-refractivity contribution in [3.05, 3.63) is 42.6 Å². The Hall–Kier alpha value is -3.03. The van der Waals surface area contributed by atoms with E-state index in [2.05, 4.69) is 39.7 Å². The molecule has 0 saturated heterocycles. The molecule has 3 aromatic rings. The zero-order valence-electron chi connectivity index (χ0n) is 14.3. The maximum atomic E-state index is 12.2. The predicted octanol–water partition coefficient (Wildman–Crippen LogP) is 2.54. The van der Waals surface area contributed by atoms with Gasteiger partial charge in [0.1, 0.15) is 5.82 Å². The molecule has 0 aliphatic heterocycles. The number of carbonyl (C=O) groups is 1. The number of hydrogen-bond donors (Lipinski definition) is 1. The highest BCUT2D eigenvalue weighted by molar-refractivity contribution is 5.89. The van der Waals surface area contributed by atoms with Crippen LogP contribution in [0.1, 0.15) is 32.7 Å². The summed E-state index contributed by atoms with van der Waals surface area (Å²) in [5.41, 5.74) is 0.899. The Balaban J connectivity index is 1.57. The molecule has 130 valence electrons. The first-order valence-corrected chi connectivity index (χ1v) is 8.34. The second-order valence-corrected chi connectivity index (χ2v) is 5.79. The number of rotatable bonds is 7. The molecule has 0 radical (unpaired) electrons. The van der Waals surface area contributed by atoms with Crippen molar-refractivity contribution in [3.8, 4) is 11.4 Å². The Morgan fingerprint density at radius 3 is 2.80 bits per heavy atom. The van der Waals surface area contributed by atoms with E-state index < -0.39 is 0 Å². The fourth-order valence-corrected chi connectivity index (χ4v) is 2.39. The zero-order chi connectivity index (χ0) is 17.6. The predicted molar refractivity (Wildman–Crippen MR) is 93.7 cm³/mol. The summed E-state index contributed by atoms with van der Waals surface area (Å²) < 4.78 is 1.82. The lowest BCUT2D eigenvalue weighted by molar-refractivity contribution is -0.116. The molecule has 1 aromatic carbocycles. The zero-order valence-corrected chi connectivity index (χ0v) is 14.3. The summed E-state index contributed by atoms with van der Waals surface area (Å²) in [7, 11) is 0. The minimum Gasteiger partial charge on any atom is -0.311 e. The maximum Gasteiger partial charge on any atom is 0.227 e. The van der Waals surface area contributed by atoms with Crippen LogP contribution in [0.2, 0.25) is 0 Å². The van der Waals surface area contributed by atoms with E-state index in [4.69, 9.17) is 0 Å². The number of nitrogens with one attached hydrogen (secondary N) is 1. The van der Waals surface area contributed by atoms with Crippen LogP contribution in [0.4, 0.5) is 5.82 Å².